The topological polar surface area (TPSA) is 51.4 Å². The van der Waals surface area contributed by atoms with Crippen molar-refractivity contribution in [2.24, 2.45) is 0 Å². The Labute approximate surface area is 149 Å². The molecule has 1 saturated carbocycles. The zero-order valence-electron chi connectivity index (χ0n) is 14.8. The molecular formula is C20H27N3O2. The van der Waals surface area contributed by atoms with E-state index in [1.54, 1.807) is 0 Å². The molecule has 0 radical (unpaired) electrons. The Balaban J connectivity index is 1.23. The minimum atomic E-state index is 0.440. The molecule has 2 aromatic rings. The molecule has 2 fully saturated rings. The summed E-state index contributed by atoms with van der Waals surface area (Å²) in [4.78, 5) is 2.40. The first-order chi connectivity index (χ1) is 12.3. The third-order valence-electron chi connectivity index (χ3n) is 5.29. The third kappa shape index (κ3) is 4.67. The Kier molecular flexibility index (Phi) is 5.43. The number of ether oxygens (including phenoxy) is 1. The lowest BCUT2D eigenvalue weighted by Crippen LogP contribution is -2.37. The largest absolute Gasteiger partial charge is 0.424 e. The van der Waals surface area contributed by atoms with Crippen LogP contribution in [0.5, 0.6) is 0 Å². The van der Waals surface area contributed by atoms with Gasteiger partial charge < -0.3 is 9.15 Å². The van der Waals surface area contributed by atoms with E-state index in [1.807, 2.05) is 18.2 Å². The second-order valence-corrected chi connectivity index (χ2v) is 7.27. The lowest BCUT2D eigenvalue weighted by molar-refractivity contribution is -0.0408. The van der Waals surface area contributed by atoms with Crippen LogP contribution in [0, 0.1) is 0 Å². The quantitative estimate of drug-likeness (QED) is 0.804. The van der Waals surface area contributed by atoms with Crippen molar-refractivity contribution in [3.05, 3.63) is 47.7 Å². The van der Waals surface area contributed by atoms with Gasteiger partial charge in [0.25, 0.3) is 0 Å². The average molecular weight is 341 g/mol. The van der Waals surface area contributed by atoms with Gasteiger partial charge in [-0.15, -0.1) is 10.2 Å². The highest BCUT2D eigenvalue weighted by atomic mass is 16.5. The molecule has 0 atom stereocenters. The Bertz CT molecular complexity index is 644. The summed E-state index contributed by atoms with van der Waals surface area (Å²) in [5.74, 6) is 1.42. The van der Waals surface area contributed by atoms with E-state index in [0.717, 1.165) is 38.4 Å². The van der Waals surface area contributed by atoms with Crippen LogP contribution in [0.3, 0.4) is 0 Å². The molecule has 4 rings (SSSR count). The minimum Gasteiger partial charge on any atom is -0.424 e. The maximum atomic E-state index is 6.24. The van der Waals surface area contributed by atoms with Crippen molar-refractivity contribution in [1.29, 1.82) is 0 Å². The third-order valence-corrected chi connectivity index (χ3v) is 5.29. The molecule has 1 saturated heterocycles. The van der Waals surface area contributed by atoms with Gasteiger partial charge in [0, 0.05) is 13.1 Å². The van der Waals surface area contributed by atoms with Gasteiger partial charge in [-0.25, -0.2) is 0 Å². The van der Waals surface area contributed by atoms with Crippen LogP contribution in [-0.2, 0) is 17.7 Å². The van der Waals surface area contributed by atoms with Crippen LogP contribution in [0.4, 0.5) is 0 Å². The van der Waals surface area contributed by atoms with E-state index in [-0.39, 0.29) is 0 Å². The number of piperidine rings is 1. The predicted octanol–water partition coefficient (Wildman–Crippen LogP) is 3.58. The van der Waals surface area contributed by atoms with E-state index in [4.69, 9.17) is 9.15 Å². The molecule has 0 unspecified atom stereocenters. The van der Waals surface area contributed by atoms with E-state index in [9.17, 15) is 0 Å². The van der Waals surface area contributed by atoms with E-state index in [1.165, 1.54) is 31.2 Å². The van der Waals surface area contributed by atoms with Gasteiger partial charge in [-0.3, -0.25) is 4.90 Å². The van der Waals surface area contributed by atoms with Gasteiger partial charge in [0.05, 0.1) is 25.2 Å². The first-order valence-electron chi connectivity index (χ1n) is 9.58. The molecule has 2 heterocycles. The van der Waals surface area contributed by atoms with Gasteiger partial charge in [0.2, 0.25) is 11.8 Å². The highest BCUT2D eigenvalue weighted by Gasteiger charge is 2.25. The van der Waals surface area contributed by atoms with Crippen molar-refractivity contribution < 1.29 is 9.15 Å². The molecule has 1 aromatic carbocycles. The number of hydrogen-bond donors (Lipinski definition) is 0. The number of benzene rings is 1. The fourth-order valence-corrected chi connectivity index (χ4v) is 3.89. The average Bonchev–Trinajstić information content (AvgIpc) is 3.30. The lowest BCUT2D eigenvalue weighted by atomic mass is 10.1. The molecule has 5 nitrogen and oxygen atoms in total. The molecule has 5 heteroatoms. The second-order valence-electron chi connectivity index (χ2n) is 7.27. The van der Waals surface area contributed by atoms with Crippen molar-refractivity contribution >= 4 is 0 Å². The number of hydrogen-bond acceptors (Lipinski definition) is 5. The molecular weight excluding hydrogens is 314 g/mol. The number of aromatic nitrogens is 2. The molecule has 2 aliphatic rings. The maximum Gasteiger partial charge on any atom is 0.230 e. The molecule has 0 N–H and O–H groups in total. The standard InChI is InChI=1S/C20H27N3O2/c1-2-6-16(7-3-1)14-19-21-22-20(25-19)15-23-12-10-18(11-13-23)24-17-8-4-5-9-17/h1-3,6-7,17-18H,4-5,8-15H2. The molecule has 0 bridgehead atoms. The molecule has 1 aromatic heterocycles. The van der Waals surface area contributed by atoms with E-state index >= 15 is 0 Å². The minimum absolute atomic E-state index is 0.440. The molecule has 0 spiro atoms. The first kappa shape index (κ1) is 16.7. The highest BCUT2D eigenvalue weighted by molar-refractivity contribution is 5.17. The molecule has 0 amide bonds. The highest BCUT2D eigenvalue weighted by Crippen LogP contribution is 2.25. The first-order valence-corrected chi connectivity index (χ1v) is 9.58. The smallest absolute Gasteiger partial charge is 0.230 e. The van der Waals surface area contributed by atoms with E-state index < -0.39 is 0 Å². The molecule has 1 aliphatic carbocycles. The zero-order valence-corrected chi connectivity index (χ0v) is 14.8. The summed E-state index contributed by atoms with van der Waals surface area (Å²) in [6.45, 7) is 2.85. The molecule has 134 valence electrons. The predicted molar refractivity (Wildman–Crippen MR) is 95.2 cm³/mol. The van der Waals surface area contributed by atoms with Crippen LogP contribution in [0.15, 0.2) is 34.7 Å². The summed E-state index contributed by atoms with van der Waals surface area (Å²) < 4.78 is 12.1. The van der Waals surface area contributed by atoms with Crippen LogP contribution in [0.1, 0.15) is 55.9 Å². The van der Waals surface area contributed by atoms with Crippen molar-refractivity contribution in [3.63, 3.8) is 0 Å². The van der Waals surface area contributed by atoms with Gasteiger partial charge in [-0.2, -0.15) is 0 Å². The summed E-state index contributed by atoms with van der Waals surface area (Å²) in [7, 11) is 0. The SMILES string of the molecule is c1ccc(Cc2nnc(CN3CCC(OC4CCCC4)CC3)o2)cc1. The summed E-state index contributed by atoms with van der Waals surface area (Å²) >= 11 is 0. The Hall–Kier alpha value is -1.72. The molecule has 25 heavy (non-hydrogen) atoms. The maximum absolute atomic E-state index is 6.24. The fourth-order valence-electron chi connectivity index (χ4n) is 3.89. The Morgan fingerprint density at radius 1 is 0.920 bits per heavy atom. The normalized spacial score (nSPS) is 20.3. The fraction of sp³-hybridized carbons (Fsp3) is 0.600. The summed E-state index contributed by atoms with van der Waals surface area (Å²) in [5, 5.41) is 8.41. The number of rotatable bonds is 6. The number of nitrogens with zero attached hydrogens (tertiary/aromatic N) is 3. The lowest BCUT2D eigenvalue weighted by Gasteiger charge is -2.32. The zero-order chi connectivity index (χ0) is 16.9. The Morgan fingerprint density at radius 3 is 2.36 bits per heavy atom. The summed E-state index contributed by atoms with van der Waals surface area (Å²) in [6, 6.07) is 10.2. The Morgan fingerprint density at radius 2 is 1.60 bits per heavy atom. The van der Waals surface area contributed by atoms with Crippen LogP contribution in [0.25, 0.3) is 0 Å². The van der Waals surface area contributed by atoms with Crippen LogP contribution in [0.2, 0.25) is 0 Å². The van der Waals surface area contributed by atoms with Crippen LogP contribution >= 0.6 is 0 Å². The van der Waals surface area contributed by atoms with Crippen LogP contribution in [-0.4, -0.2) is 40.4 Å². The molecule has 1 aliphatic heterocycles. The van der Waals surface area contributed by atoms with E-state index in [0.29, 0.717) is 24.5 Å². The summed E-state index contributed by atoms with van der Waals surface area (Å²) in [6.07, 6.45) is 9.08. The van der Waals surface area contributed by atoms with Gasteiger partial charge in [-0.05, 0) is 31.2 Å². The van der Waals surface area contributed by atoms with Crippen LogP contribution < -0.4 is 0 Å². The van der Waals surface area contributed by atoms with Gasteiger partial charge in [0.15, 0.2) is 0 Å². The van der Waals surface area contributed by atoms with Gasteiger partial charge >= 0.3 is 0 Å². The van der Waals surface area contributed by atoms with Crippen molar-refractivity contribution in [2.75, 3.05) is 13.1 Å². The number of likely N-dealkylation sites (tertiary alicyclic amines) is 1. The van der Waals surface area contributed by atoms with Gasteiger partial charge in [0.1, 0.15) is 0 Å². The summed E-state index contributed by atoms with van der Waals surface area (Å²) in [5.41, 5.74) is 1.20. The van der Waals surface area contributed by atoms with Crippen molar-refractivity contribution in [3.8, 4) is 0 Å². The van der Waals surface area contributed by atoms with E-state index in [2.05, 4.69) is 27.2 Å². The second kappa shape index (κ2) is 8.11. The van der Waals surface area contributed by atoms with Crippen molar-refractivity contribution in [1.82, 2.24) is 15.1 Å². The van der Waals surface area contributed by atoms with Crippen molar-refractivity contribution in [2.45, 2.75) is 63.7 Å². The van der Waals surface area contributed by atoms with Gasteiger partial charge in [-0.1, -0.05) is 43.2 Å². The monoisotopic (exact) mass is 341 g/mol.